The molecule has 0 heterocycles. The highest BCUT2D eigenvalue weighted by atomic mass is 16.6. The smallest absolute Gasteiger partial charge is 0.306 e. The fourth-order valence-electron chi connectivity index (χ4n) is 10.9. The lowest BCUT2D eigenvalue weighted by Gasteiger charge is -2.18. The van der Waals surface area contributed by atoms with E-state index < -0.39 is 6.10 Å². The van der Waals surface area contributed by atoms with E-state index >= 15 is 0 Å². The highest BCUT2D eigenvalue weighted by Crippen LogP contribution is 2.18. The van der Waals surface area contributed by atoms with E-state index in [2.05, 4.69) is 81.5 Å². The van der Waals surface area contributed by atoms with Gasteiger partial charge in [-0.1, -0.05) is 326 Å². The average molecular weight is 1160 g/mol. The first-order valence-electron chi connectivity index (χ1n) is 36.8. The summed E-state index contributed by atoms with van der Waals surface area (Å²) in [6.07, 6.45) is 92.5. The summed E-state index contributed by atoms with van der Waals surface area (Å²) in [5.74, 6) is -0.858. The molecular weight excluding hydrogens is 1020 g/mol. The van der Waals surface area contributed by atoms with Gasteiger partial charge in [0.2, 0.25) is 0 Å². The van der Waals surface area contributed by atoms with Crippen LogP contribution in [0.3, 0.4) is 0 Å². The van der Waals surface area contributed by atoms with Crippen LogP contribution in [0, 0.1) is 0 Å². The van der Waals surface area contributed by atoms with Gasteiger partial charge in [0.15, 0.2) is 6.10 Å². The van der Waals surface area contributed by atoms with Gasteiger partial charge >= 0.3 is 17.9 Å². The number of carbonyl (C=O) groups excluding carboxylic acids is 3. The maximum atomic E-state index is 13.0. The van der Waals surface area contributed by atoms with Crippen LogP contribution in [-0.2, 0) is 28.6 Å². The van der Waals surface area contributed by atoms with E-state index in [1.54, 1.807) is 0 Å². The minimum absolute atomic E-state index is 0.0750. The topological polar surface area (TPSA) is 78.9 Å². The quantitative estimate of drug-likeness (QED) is 0.0261. The number of hydrogen-bond donors (Lipinski definition) is 0. The van der Waals surface area contributed by atoms with Crippen molar-refractivity contribution in [3.63, 3.8) is 0 Å². The van der Waals surface area contributed by atoms with Crippen molar-refractivity contribution < 1.29 is 28.6 Å². The normalized spacial score (nSPS) is 12.4. The molecule has 0 aromatic carbocycles. The number of allylic oxidation sites excluding steroid dienone is 10. The Hall–Kier alpha value is -2.89. The molecule has 0 N–H and O–H groups in total. The molecule has 0 bridgehead atoms. The van der Waals surface area contributed by atoms with E-state index in [9.17, 15) is 14.4 Å². The largest absolute Gasteiger partial charge is 0.462 e. The summed E-state index contributed by atoms with van der Waals surface area (Å²) in [5.41, 5.74) is 0. The highest BCUT2D eigenvalue weighted by molar-refractivity contribution is 5.71. The molecule has 1 atom stereocenters. The zero-order valence-corrected chi connectivity index (χ0v) is 55.7. The molecule has 0 radical (unpaired) electrons. The number of carbonyl (C=O) groups is 3. The predicted octanol–water partition coefficient (Wildman–Crippen LogP) is 25.5. The van der Waals surface area contributed by atoms with Gasteiger partial charge in [-0.2, -0.15) is 0 Å². The van der Waals surface area contributed by atoms with Crippen LogP contribution < -0.4 is 0 Å². The number of hydrogen-bond acceptors (Lipinski definition) is 6. The van der Waals surface area contributed by atoms with E-state index in [1.165, 1.54) is 283 Å². The van der Waals surface area contributed by atoms with Crippen LogP contribution in [0.4, 0.5) is 0 Å². The number of unbranched alkanes of at least 4 members (excludes halogenated alkanes) is 47. The van der Waals surface area contributed by atoms with Crippen molar-refractivity contribution in [1.29, 1.82) is 0 Å². The molecule has 484 valence electrons. The van der Waals surface area contributed by atoms with Crippen LogP contribution in [0.1, 0.15) is 393 Å². The number of ether oxygens (including phenoxy) is 3. The molecule has 0 aromatic heterocycles. The molecule has 83 heavy (non-hydrogen) atoms. The lowest BCUT2D eigenvalue weighted by molar-refractivity contribution is -0.167. The van der Waals surface area contributed by atoms with E-state index in [0.29, 0.717) is 19.3 Å². The zero-order chi connectivity index (χ0) is 59.9. The van der Waals surface area contributed by atoms with Gasteiger partial charge in [-0.3, -0.25) is 14.4 Å². The van der Waals surface area contributed by atoms with Gasteiger partial charge in [0.25, 0.3) is 0 Å². The van der Waals surface area contributed by atoms with Crippen molar-refractivity contribution in [2.45, 2.75) is 399 Å². The Morgan fingerprint density at radius 2 is 0.434 bits per heavy atom. The van der Waals surface area contributed by atoms with E-state index in [-0.39, 0.29) is 31.1 Å². The monoisotopic (exact) mass is 1160 g/mol. The maximum absolute atomic E-state index is 13.0. The van der Waals surface area contributed by atoms with Gasteiger partial charge in [-0.25, -0.2) is 0 Å². The van der Waals surface area contributed by atoms with Crippen molar-refractivity contribution in [2.75, 3.05) is 13.2 Å². The van der Waals surface area contributed by atoms with Crippen LogP contribution in [0.5, 0.6) is 0 Å². The molecular formula is C77H140O6. The minimum atomic E-state index is -0.780. The Morgan fingerprint density at radius 1 is 0.241 bits per heavy atom. The molecule has 0 amide bonds. The first-order valence-corrected chi connectivity index (χ1v) is 36.8. The fourth-order valence-corrected chi connectivity index (χ4v) is 10.9. The van der Waals surface area contributed by atoms with E-state index in [1.807, 2.05) is 0 Å². The lowest BCUT2D eigenvalue weighted by atomic mass is 10.0. The Labute approximate surface area is 517 Å². The third-order valence-corrected chi connectivity index (χ3v) is 16.5. The summed E-state index contributed by atoms with van der Waals surface area (Å²) >= 11 is 0. The minimum Gasteiger partial charge on any atom is -0.462 e. The van der Waals surface area contributed by atoms with Crippen molar-refractivity contribution in [3.8, 4) is 0 Å². The Balaban J connectivity index is 4.33. The summed E-state index contributed by atoms with van der Waals surface area (Å²) in [5, 5.41) is 0. The summed E-state index contributed by atoms with van der Waals surface area (Å²) in [6.45, 7) is 6.68. The maximum Gasteiger partial charge on any atom is 0.306 e. The average Bonchev–Trinajstić information content (AvgIpc) is 3.49. The van der Waals surface area contributed by atoms with Crippen molar-refractivity contribution in [3.05, 3.63) is 60.8 Å². The van der Waals surface area contributed by atoms with Crippen LogP contribution in [0.2, 0.25) is 0 Å². The lowest BCUT2D eigenvalue weighted by Crippen LogP contribution is -2.30. The van der Waals surface area contributed by atoms with Crippen LogP contribution in [-0.4, -0.2) is 37.2 Å². The standard InChI is InChI=1S/C77H140O6/c1-4-7-10-13-16-19-22-25-28-31-33-35-37-38-40-41-43-46-49-52-55-58-61-64-67-70-76(79)82-73-74(72-81-75(78)69-66-63-60-57-54-51-48-45-30-27-24-21-18-15-12-9-6-3)83-77(80)71-68-65-62-59-56-53-50-47-44-42-39-36-34-32-29-26-23-20-17-14-11-8-5-2/h22,25,27,30-34,37-38,74H,4-21,23-24,26,28-29,35-36,39-73H2,1-3H3/b25-22-,30-27-,33-31-,34-32-,38-37-. The summed E-state index contributed by atoms with van der Waals surface area (Å²) < 4.78 is 17.0. The third-order valence-electron chi connectivity index (χ3n) is 16.5. The molecule has 0 rings (SSSR count). The van der Waals surface area contributed by atoms with Crippen molar-refractivity contribution in [2.24, 2.45) is 0 Å². The molecule has 0 saturated carbocycles. The molecule has 0 fully saturated rings. The van der Waals surface area contributed by atoms with Crippen LogP contribution >= 0.6 is 0 Å². The van der Waals surface area contributed by atoms with E-state index in [4.69, 9.17) is 14.2 Å². The Bertz CT molecular complexity index is 1470. The molecule has 0 aliphatic heterocycles. The molecule has 0 aliphatic carbocycles. The van der Waals surface area contributed by atoms with Crippen molar-refractivity contribution in [1.82, 2.24) is 0 Å². The SMILES string of the molecule is CCCCCCC/C=C\C/C=C\C/C=C\CCCCCCCCCCCCC(=O)OCC(COC(=O)CCCCCCCCC/C=C\CCCCCCCC)OC(=O)CCCCCCCCCCCCC/C=C\CCCCCCCCCC. The second-order valence-corrected chi connectivity index (χ2v) is 24.8. The van der Waals surface area contributed by atoms with Gasteiger partial charge in [0.1, 0.15) is 13.2 Å². The highest BCUT2D eigenvalue weighted by Gasteiger charge is 2.19. The molecule has 0 spiro atoms. The predicted molar refractivity (Wildman–Crippen MR) is 362 cm³/mol. The van der Waals surface area contributed by atoms with Gasteiger partial charge in [0, 0.05) is 19.3 Å². The Morgan fingerprint density at radius 3 is 0.687 bits per heavy atom. The first-order chi connectivity index (χ1) is 41.0. The summed E-state index contributed by atoms with van der Waals surface area (Å²) in [7, 11) is 0. The van der Waals surface area contributed by atoms with Gasteiger partial charge in [-0.05, 0) is 109 Å². The van der Waals surface area contributed by atoms with Gasteiger partial charge in [0.05, 0.1) is 0 Å². The molecule has 1 unspecified atom stereocenters. The molecule has 6 nitrogen and oxygen atoms in total. The fraction of sp³-hybridized carbons (Fsp3) is 0.831. The second-order valence-electron chi connectivity index (χ2n) is 24.8. The molecule has 0 saturated heterocycles. The summed E-state index contributed by atoms with van der Waals surface area (Å²) in [6, 6.07) is 0. The zero-order valence-electron chi connectivity index (χ0n) is 55.7. The second kappa shape index (κ2) is 71.6. The van der Waals surface area contributed by atoms with Crippen molar-refractivity contribution >= 4 is 17.9 Å². The number of esters is 3. The Kier molecular flexibility index (Phi) is 69.1. The molecule has 0 aromatic rings. The van der Waals surface area contributed by atoms with Gasteiger partial charge in [-0.15, -0.1) is 0 Å². The van der Waals surface area contributed by atoms with Gasteiger partial charge < -0.3 is 14.2 Å². The summed E-state index contributed by atoms with van der Waals surface area (Å²) in [4.78, 5) is 38.5. The van der Waals surface area contributed by atoms with Crippen LogP contribution in [0.15, 0.2) is 60.8 Å². The first kappa shape index (κ1) is 80.1. The van der Waals surface area contributed by atoms with Crippen LogP contribution in [0.25, 0.3) is 0 Å². The molecule has 6 heteroatoms. The molecule has 0 aliphatic rings. The van der Waals surface area contributed by atoms with E-state index in [0.717, 1.165) is 70.6 Å². The third kappa shape index (κ3) is 69.8. The number of rotatable bonds is 68.